The highest BCUT2D eigenvalue weighted by Gasteiger charge is 2.17. The van der Waals surface area contributed by atoms with Gasteiger partial charge in [0, 0.05) is 25.2 Å². The first-order chi connectivity index (χ1) is 12.4. The van der Waals surface area contributed by atoms with E-state index in [0.717, 1.165) is 0 Å². The summed E-state index contributed by atoms with van der Waals surface area (Å²) in [6.45, 7) is 6.81. The number of nitrogens with zero attached hydrogens (tertiary/aromatic N) is 2. The minimum Gasteiger partial charge on any atom is -0.490 e. The molecule has 0 aliphatic carbocycles. The Morgan fingerprint density at radius 3 is 2.42 bits per heavy atom. The van der Waals surface area contributed by atoms with E-state index in [4.69, 9.17) is 14.2 Å². The van der Waals surface area contributed by atoms with Gasteiger partial charge < -0.3 is 19.1 Å². The van der Waals surface area contributed by atoms with Gasteiger partial charge in [-0.2, -0.15) is 0 Å². The molecule has 9 nitrogen and oxygen atoms in total. The number of rotatable bonds is 11. The number of amides is 1. The molecule has 140 valence electrons. The average Bonchev–Trinajstić information content (AvgIpc) is 2.63. The van der Waals surface area contributed by atoms with Crippen molar-refractivity contribution in [3.05, 3.63) is 53.6 Å². The first kappa shape index (κ1) is 20.7. The first-order valence-electron chi connectivity index (χ1n) is 7.53. The number of hydrogen-bond acceptors (Lipinski definition) is 7. The SMILES string of the molecule is C=CCN(CC=C)C(=O)COC(=O)COc1ccc([N+](=O)[O-])c(OC)c1. The summed E-state index contributed by atoms with van der Waals surface area (Å²) < 4.78 is 15.0. The molecule has 9 heteroatoms. The van der Waals surface area contributed by atoms with Gasteiger partial charge in [0.15, 0.2) is 13.2 Å². The quantitative estimate of drug-likeness (QED) is 0.255. The van der Waals surface area contributed by atoms with Crippen LogP contribution in [0.15, 0.2) is 43.5 Å². The van der Waals surface area contributed by atoms with Crippen LogP contribution in [0.3, 0.4) is 0 Å². The lowest BCUT2D eigenvalue weighted by Crippen LogP contribution is -2.35. The number of hydrogen-bond donors (Lipinski definition) is 0. The fourth-order valence-corrected chi connectivity index (χ4v) is 1.91. The summed E-state index contributed by atoms with van der Waals surface area (Å²) in [6.07, 6.45) is 3.10. The zero-order chi connectivity index (χ0) is 19.5. The van der Waals surface area contributed by atoms with E-state index in [0.29, 0.717) is 13.1 Å². The van der Waals surface area contributed by atoms with Gasteiger partial charge >= 0.3 is 11.7 Å². The third-order valence-electron chi connectivity index (χ3n) is 3.11. The molecule has 0 atom stereocenters. The zero-order valence-electron chi connectivity index (χ0n) is 14.4. The maximum Gasteiger partial charge on any atom is 0.344 e. The molecule has 1 amide bonds. The second kappa shape index (κ2) is 10.5. The Kier molecular flexibility index (Phi) is 8.35. The topological polar surface area (TPSA) is 108 Å². The normalized spacial score (nSPS) is 9.73. The standard InChI is InChI=1S/C17H20N2O7/c1-4-8-18(9-5-2)16(20)11-26-17(21)12-25-13-6-7-14(19(22)23)15(10-13)24-3/h4-7,10H,1-2,8-9,11-12H2,3H3. The van der Waals surface area contributed by atoms with Crippen molar-refractivity contribution in [2.24, 2.45) is 0 Å². The maximum atomic E-state index is 11.9. The molecule has 1 aromatic carbocycles. The van der Waals surface area contributed by atoms with Gasteiger partial charge in [0.25, 0.3) is 5.91 Å². The smallest absolute Gasteiger partial charge is 0.344 e. The molecule has 0 fully saturated rings. The molecule has 0 aromatic heterocycles. The van der Waals surface area contributed by atoms with Crippen LogP contribution < -0.4 is 9.47 Å². The van der Waals surface area contributed by atoms with Crippen LogP contribution in [-0.4, -0.2) is 55.1 Å². The van der Waals surface area contributed by atoms with Gasteiger partial charge in [-0.3, -0.25) is 14.9 Å². The van der Waals surface area contributed by atoms with E-state index in [1.807, 2.05) is 0 Å². The number of methoxy groups -OCH3 is 1. The number of ether oxygens (including phenoxy) is 3. The summed E-state index contributed by atoms with van der Waals surface area (Å²) in [5.74, 6) is -0.959. The summed E-state index contributed by atoms with van der Waals surface area (Å²) in [5.41, 5.74) is -0.224. The van der Waals surface area contributed by atoms with Crippen molar-refractivity contribution in [2.75, 3.05) is 33.4 Å². The molecule has 26 heavy (non-hydrogen) atoms. The van der Waals surface area contributed by atoms with Crippen molar-refractivity contribution in [3.63, 3.8) is 0 Å². The predicted octanol–water partition coefficient (Wildman–Crippen LogP) is 1.73. The van der Waals surface area contributed by atoms with E-state index in [-0.39, 0.29) is 17.2 Å². The van der Waals surface area contributed by atoms with E-state index in [2.05, 4.69) is 13.2 Å². The Morgan fingerprint density at radius 2 is 1.88 bits per heavy atom. The van der Waals surface area contributed by atoms with Gasteiger partial charge in [0.1, 0.15) is 5.75 Å². The molecule has 1 rings (SSSR count). The van der Waals surface area contributed by atoms with Crippen molar-refractivity contribution < 1.29 is 28.7 Å². The third-order valence-corrected chi connectivity index (χ3v) is 3.11. The summed E-state index contributed by atoms with van der Waals surface area (Å²) in [5, 5.41) is 10.8. The second-order valence-corrected chi connectivity index (χ2v) is 4.92. The van der Waals surface area contributed by atoms with Crippen LogP contribution in [0.25, 0.3) is 0 Å². The number of carbonyl (C=O) groups is 2. The number of esters is 1. The molecule has 0 heterocycles. The van der Waals surface area contributed by atoms with Gasteiger partial charge in [-0.05, 0) is 6.07 Å². The van der Waals surface area contributed by atoms with Crippen LogP contribution in [0.4, 0.5) is 5.69 Å². The van der Waals surface area contributed by atoms with Gasteiger partial charge in [-0.15, -0.1) is 13.2 Å². The lowest BCUT2D eigenvalue weighted by molar-refractivity contribution is -0.385. The Morgan fingerprint density at radius 1 is 1.23 bits per heavy atom. The van der Waals surface area contributed by atoms with Gasteiger partial charge in [0.05, 0.1) is 12.0 Å². The van der Waals surface area contributed by atoms with Crippen LogP contribution in [0.2, 0.25) is 0 Å². The van der Waals surface area contributed by atoms with Crippen LogP contribution in [0.1, 0.15) is 0 Å². The molecule has 0 N–H and O–H groups in total. The Balaban J connectivity index is 2.54. The van der Waals surface area contributed by atoms with Crippen molar-refractivity contribution >= 4 is 17.6 Å². The first-order valence-corrected chi connectivity index (χ1v) is 7.53. The van der Waals surface area contributed by atoms with E-state index in [1.165, 1.54) is 30.2 Å². The number of benzene rings is 1. The van der Waals surface area contributed by atoms with Gasteiger partial charge in [-0.25, -0.2) is 4.79 Å². The van der Waals surface area contributed by atoms with Crippen molar-refractivity contribution in [1.82, 2.24) is 4.90 Å². The molecule has 0 aliphatic heterocycles. The lowest BCUT2D eigenvalue weighted by Gasteiger charge is -2.18. The Labute approximate surface area is 150 Å². The highest BCUT2D eigenvalue weighted by atomic mass is 16.6. The fraction of sp³-hybridized carbons (Fsp3) is 0.294. The Hall–Kier alpha value is -3.36. The molecule has 0 unspecified atom stereocenters. The van der Waals surface area contributed by atoms with Gasteiger partial charge in [0.2, 0.25) is 5.75 Å². The molecule has 0 saturated carbocycles. The highest BCUT2D eigenvalue weighted by Crippen LogP contribution is 2.30. The average molecular weight is 364 g/mol. The molecular formula is C17H20N2O7. The molecule has 0 radical (unpaired) electrons. The number of carbonyl (C=O) groups excluding carboxylic acids is 2. The van der Waals surface area contributed by atoms with Crippen molar-refractivity contribution in [3.8, 4) is 11.5 Å². The Bertz CT molecular complexity index is 678. The van der Waals surface area contributed by atoms with Crippen molar-refractivity contribution in [2.45, 2.75) is 0 Å². The molecule has 0 spiro atoms. The second-order valence-electron chi connectivity index (χ2n) is 4.92. The van der Waals surface area contributed by atoms with Crippen molar-refractivity contribution in [1.29, 1.82) is 0 Å². The van der Waals surface area contributed by atoms with E-state index in [9.17, 15) is 19.7 Å². The van der Waals surface area contributed by atoms with Crippen LogP contribution in [0, 0.1) is 10.1 Å². The minimum absolute atomic E-state index is 0.000497. The molecular weight excluding hydrogens is 344 g/mol. The minimum atomic E-state index is -0.757. The summed E-state index contributed by atoms with van der Waals surface area (Å²) in [7, 11) is 1.28. The van der Waals surface area contributed by atoms with E-state index < -0.39 is 30.0 Å². The van der Waals surface area contributed by atoms with Crippen LogP contribution >= 0.6 is 0 Å². The number of nitro groups is 1. The highest BCUT2D eigenvalue weighted by molar-refractivity contribution is 5.81. The molecule has 0 bridgehead atoms. The monoisotopic (exact) mass is 364 g/mol. The summed E-state index contributed by atoms with van der Waals surface area (Å²) in [4.78, 5) is 35.2. The lowest BCUT2D eigenvalue weighted by atomic mass is 10.3. The maximum absolute atomic E-state index is 11.9. The summed E-state index contributed by atoms with van der Waals surface area (Å²) >= 11 is 0. The molecule has 1 aromatic rings. The summed E-state index contributed by atoms with van der Waals surface area (Å²) in [6, 6.07) is 3.81. The number of nitro benzene ring substituents is 1. The van der Waals surface area contributed by atoms with E-state index >= 15 is 0 Å². The molecule has 0 aliphatic rings. The predicted molar refractivity (Wildman–Crippen MR) is 93.1 cm³/mol. The van der Waals surface area contributed by atoms with Crippen LogP contribution in [-0.2, 0) is 14.3 Å². The fourth-order valence-electron chi connectivity index (χ4n) is 1.91. The third kappa shape index (κ3) is 6.27. The van der Waals surface area contributed by atoms with Gasteiger partial charge in [-0.1, -0.05) is 12.2 Å². The largest absolute Gasteiger partial charge is 0.490 e. The van der Waals surface area contributed by atoms with E-state index in [1.54, 1.807) is 12.2 Å². The molecule has 0 saturated heterocycles. The zero-order valence-corrected chi connectivity index (χ0v) is 14.4. The van der Waals surface area contributed by atoms with Crippen LogP contribution in [0.5, 0.6) is 11.5 Å².